The van der Waals surface area contributed by atoms with E-state index in [1.54, 1.807) is 39.2 Å². The standard InChI is InChI=1S/C24H22N2O5S/c1-4-31-23(29)20-14(2)25-24-26(21(20)16-7-9-17(27)10-8-16)22(28)19(32-24)13-15-5-11-18(30-3)12-6-15/h5-13,21,27H,4H2,1-3H3/b19-13-/t21-/m1/s1. The van der Waals surface area contributed by atoms with E-state index in [0.717, 1.165) is 11.3 Å². The Balaban J connectivity index is 1.92. The van der Waals surface area contributed by atoms with Crippen molar-refractivity contribution in [3.8, 4) is 11.5 Å². The molecule has 4 rings (SSSR count). The molecule has 0 bridgehead atoms. The van der Waals surface area contributed by atoms with Gasteiger partial charge in [-0.25, -0.2) is 9.79 Å². The molecule has 0 spiro atoms. The van der Waals surface area contributed by atoms with Gasteiger partial charge in [-0.2, -0.15) is 0 Å². The first-order valence-corrected chi connectivity index (χ1v) is 10.9. The number of phenols is 1. The number of thiazole rings is 1. The molecule has 1 aliphatic rings. The van der Waals surface area contributed by atoms with E-state index in [4.69, 9.17) is 9.47 Å². The average Bonchev–Trinajstić information content (AvgIpc) is 3.08. The molecule has 2 aromatic carbocycles. The maximum atomic E-state index is 13.5. The van der Waals surface area contributed by atoms with Gasteiger partial charge in [0.2, 0.25) is 0 Å². The van der Waals surface area contributed by atoms with Crippen molar-refractivity contribution in [2.24, 2.45) is 4.99 Å². The zero-order valence-electron chi connectivity index (χ0n) is 17.9. The molecular weight excluding hydrogens is 428 g/mol. The lowest BCUT2D eigenvalue weighted by Crippen LogP contribution is -2.39. The number of nitrogens with zero attached hydrogens (tertiary/aromatic N) is 2. The van der Waals surface area contributed by atoms with Crippen molar-refractivity contribution in [2.45, 2.75) is 19.9 Å². The van der Waals surface area contributed by atoms with Crippen LogP contribution in [0.15, 0.2) is 69.6 Å². The van der Waals surface area contributed by atoms with Gasteiger partial charge >= 0.3 is 5.97 Å². The number of hydrogen-bond donors (Lipinski definition) is 1. The number of aromatic nitrogens is 1. The molecule has 1 N–H and O–H groups in total. The smallest absolute Gasteiger partial charge is 0.338 e. The number of allylic oxidation sites excluding steroid dienone is 1. The molecule has 1 atom stereocenters. The van der Waals surface area contributed by atoms with E-state index in [2.05, 4.69) is 4.99 Å². The van der Waals surface area contributed by atoms with Crippen LogP contribution in [0.5, 0.6) is 11.5 Å². The van der Waals surface area contributed by atoms with Crippen molar-refractivity contribution in [3.63, 3.8) is 0 Å². The molecule has 0 unspecified atom stereocenters. The molecule has 0 radical (unpaired) electrons. The molecule has 32 heavy (non-hydrogen) atoms. The zero-order valence-corrected chi connectivity index (χ0v) is 18.7. The second-order valence-electron chi connectivity index (χ2n) is 7.17. The summed E-state index contributed by atoms with van der Waals surface area (Å²) >= 11 is 1.26. The van der Waals surface area contributed by atoms with Crippen LogP contribution in [0.25, 0.3) is 6.08 Å². The SMILES string of the molecule is CCOC(=O)C1=C(C)N=c2s/c(=C\c3ccc(OC)cc3)c(=O)n2[C@@H]1c1ccc(O)cc1. The molecule has 7 nitrogen and oxygen atoms in total. The number of rotatable bonds is 5. The van der Waals surface area contributed by atoms with Gasteiger partial charge < -0.3 is 14.6 Å². The summed E-state index contributed by atoms with van der Waals surface area (Å²) in [4.78, 5) is 31.3. The zero-order chi connectivity index (χ0) is 22.8. The van der Waals surface area contributed by atoms with Gasteiger partial charge in [-0.3, -0.25) is 9.36 Å². The number of methoxy groups -OCH3 is 1. The number of carbonyl (C=O) groups excluding carboxylic acids is 1. The van der Waals surface area contributed by atoms with Gasteiger partial charge in [-0.15, -0.1) is 0 Å². The second kappa shape index (κ2) is 8.84. The van der Waals surface area contributed by atoms with Crippen LogP contribution in [0.2, 0.25) is 0 Å². The van der Waals surface area contributed by atoms with Gasteiger partial charge in [0.25, 0.3) is 5.56 Å². The van der Waals surface area contributed by atoms with Gasteiger partial charge in [-0.05, 0) is 55.3 Å². The third-order valence-corrected chi connectivity index (χ3v) is 6.12. The minimum absolute atomic E-state index is 0.0963. The van der Waals surface area contributed by atoms with Crippen molar-refractivity contribution in [1.82, 2.24) is 4.57 Å². The molecule has 1 aliphatic heterocycles. The maximum Gasteiger partial charge on any atom is 0.338 e. The number of carbonyl (C=O) groups is 1. The number of esters is 1. The fourth-order valence-corrected chi connectivity index (χ4v) is 4.66. The van der Waals surface area contributed by atoms with E-state index < -0.39 is 12.0 Å². The van der Waals surface area contributed by atoms with Gasteiger partial charge in [0.1, 0.15) is 11.5 Å². The maximum absolute atomic E-state index is 13.5. The van der Waals surface area contributed by atoms with Crippen LogP contribution in [-0.4, -0.2) is 29.4 Å². The monoisotopic (exact) mass is 450 g/mol. The summed E-state index contributed by atoms with van der Waals surface area (Å²) in [5.41, 5.74) is 2.08. The van der Waals surface area contributed by atoms with Gasteiger partial charge in [0, 0.05) is 0 Å². The van der Waals surface area contributed by atoms with Crippen LogP contribution in [0.3, 0.4) is 0 Å². The number of aromatic hydroxyl groups is 1. The molecule has 0 amide bonds. The van der Waals surface area contributed by atoms with E-state index in [1.807, 2.05) is 24.3 Å². The van der Waals surface area contributed by atoms with Crippen LogP contribution in [0, 0.1) is 0 Å². The van der Waals surface area contributed by atoms with Crippen molar-refractivity contribution in [2.75, 3.05) is 13.7 Å². The van der Waals surface area contributed by atoms with Crippen molar-refractivity contribution < 1.29 is 19.4 Å². The van der Waals surface area contributed by atoms with Crippen LogP contribution in [-0.2, 0) is 9.53 Å². The molecule has 0 saturated carbocycles. The van der Waals surface area contributed by atoms with Crippen LogP contribution in [0.4, 0.5) is 0 Å². The lowest BCUT2D eigenvalue weighted by Gasteiger charge is -2.24. The molecule has 0 fully saturated rings. The lowest BCUT2D eigenvalue weighted by atomic mass is 9.96. The first-order valence-electron chi connectivity index (χ1n) is 10.1. The molecular formula is C24H22N2O5S. The van der Waals surface area contributed by atoms with E-state index in [0.29, 0.717) is 26.2 Å². The van der Waals surface area contributed by atoms with Crippen LogP contribution in [0.1, 0.15) is 31.0 Å². The summed E-state index contributed by atoms with van der Waals surface area (Å²) in [6, 6.07) is 13.1. The van der Waals surface area contributed by atoms with Crippen molar-refractivity contribution in [3.05, 3.63) is 90.6 Å². The lowest BCUT2D eigenvalue weighted by molar-refractivity contribution is -0.139. The van der Waals surface area contributed by atoms with Gasteiger partial charge in [-0.1, -0.05) is 35.6 Å². The molecule has 0 saturated heterocycles. The predicted octanol–water partition coefficient (Wildman–Crippen LogP) is 2.51. The van der Waals surface area contributed by atoms with Crippen molar-refractivity contribution in [1.29, 1.82) is 0 Å². The summed E-state index contributed by atoms with van der Waals surface area (Å²) in [6.45, 7) is 3.67. The summed E-state index contributed by atoms with van der Waals surface area (Å²) in [7, 11) is 1.60. The van der Waals surface area contributed by atoms with E-state index >= 15 is 0 Å². The normalized spacial score (nSPS) is 15.8. The quantitative estimate of drug-likeness (QED) is 0.604. The predicted molar refractivity (Wildman–Crippen MR) is 121 cm³/mol. The summed E-state index contributed by atoms with van der Waals surface area (Å²) in [6.07, 6.45) is 1.79. The fourth-order valence-electron chi connectivity index (χ4n) is 3.62. The topological polar surface area (TPSA) is 90.1 Å². The van der Waals surface area contributed by atoms with E-state index in [1.165, 1.54) is 28.0 Å². The summed E-state index contributed by atoms with van der Waals surface area (Å²) < 4.78 is 12.5. The molecule has 8 heteroatoms. The largest absolute Gasteiger partial charge is 0.508 e. The van der Waals surface area contributed by atoms with E-state index in [-0.39, 0.29) is 17.9 Å². The van der Waals surface area contributed by atoms with E-state index in [9.17, 15) is 14.7 Å². The number of benzene rings is 2. The highest BCUT2D eigenvalue weighted by Gasteiger charge is 2.33. The second-order valence-corrected chi connectivity index (χ2v) is 8.18. The minimum Gasteiger partial charge on any atom is -0.508 e. The highest BCUT2D eigenvalue weighted by molar-refractivity contribution is 7.07. The fraction of sp³-hybridized carbons (Fsp3) is 0.208. The molecule has 1 aromatic heterocycles. The number of phenolic OH excluding ortho intramolecular Hbond substituents is 1. The Morgan fingerprint density at radius 2 is 1.88 bits per heavy atom. The third kappa shape index (κ3) is 3.97. The Morgan fingerprint density at radius 1 is 1.19 bits per heavy atom. The number of hydrogen-bond acceptors (Lipinski definition) is 7. The average molecular weight is 451 g/mol. The Bertz CT molecular complexity index is 1370. The van der Waals surface area contributed by atoms with Gasteiger partial charge in [0.05, 0.1) is 35.6 Å². The molecule has 0 aliphatic carbocycles. The molecule has 164 valence electrons. The molecule has 2 heterocycles. The third-order valence-electron chi connectivity index (χ3n) is 5.14. The Labute approximate surface area is 188 Å². The Hall–Kier alpha value is -3.65. The Morgan fingerprint density at radius 3 is 2.50 bits per heavy atom. The number of fused-ring (bicyclic) bond motifs is 1. The highest BCUT2D eigenvalue weighted by Crippen LogP contribution is 2.31. The first-order chi connectivity index (χ1) is 15.4. The Kier molecular flexibility index (Phi) is 5.96. The highest BCUT2D eigenvalue weighted by atomic mass is 32.1. The summed E-state index contributed by atoms with van der Waals surface area (Å²) in [5, 5.41) is 9.72. The number of ether oxygens (including phenoxy) is 2. The van der Waals surface area contributed by atoms with Crippen LogP contribution < -0.4 is 19.6 Å². The van der Waals surface area contributed by atoms with Gasteiger partial charge in [0.15, 0.2) is 4.80 Å². The van der Waals surface area contributed by atoms with Crippen LogP contribution >= 0.6 is 11.3 Å². The first kappa shape index (κ1) is 21.6. The minimum atomic E-state index is -0.705. The summed E-state index contributed by atoms with van der Waals surface area (Å²) in [5.74, 6) is 0.306. The molecule has 3 aromatic rings. The van der Waals surface area contributed by atoms with Crippen molar-refractivity contribution >= 4 is 23.4 Å².